The van der Waals surface area contributed by atoms with Crippen molar-refractivity contribution in [1.29, 1.82) is 0 Å². The molecule has 1 aromatic rings. The Hall–Kier alpha value is -1.79. The van der Waals surface area contributed by atoms with Crippen LogP contribution in [0.1, 0.15) is 55.6 Å². The largest absolute Gasteiger partial charge is 0.358 e. The topological polar surface area (TPSA) is 77.2 Å². The molecule has 0 aromatic carbocycles. The van der Waals surface area contributed by atoms with Gasteiger partial charge >= 0.3 is 0 Å². The summed E-state index contributed by atoms with van der Waals surface area (Å²) in [5, 5.41) is 6.07. The maximum atomic E-state index is 12.1. The summed E-state index contributed by atoms with van der Waals surface area (Å²) in [6, 6.07) is 0.526. The van der Waals surface area contributed by atoms with E-state index in [1.165, 1.54) is 16.8 Å². The molecule has 1 aromatic heterocycles. The standard InChI is InChI=1S/C20H30N4O2.ClH/c1-5-18(25)22-20(23-19(26)6-2)10-9-17-15(12-20)14-11-13(24(3)4)7-8-16(14)21-17;/h9-10,13,21H,5-8,11-12H2,1-4H3,(H,22,25)(H,23,26);1H. The Morgan fingerprint density at radius 3 is 2.37 bits per heavy atom. The third-order valence-corrected chi connectivity index (χ3v) is 5.59. The molecule has 3 N–H and O–H groups in total. The molecule has 1 heterocycles. The van der Waals surface area contributed by atoms with Gasteiger partial charge in [0.1, 0.15) is 5.66 Å². The third kappa shape index (κ3) is 4.38. The molecule has 3 rings (SSSR count). The van der Waals surface area contributed by atoms with E-state index in [2.05, 4.69) is 34.6 Å². The maximum Gasteiger partial charge on any atom is 0.221 e. The Bertz CT molecular complexity index is 721. The molecule has 27 heavy (non-hydrogen) atoms. The summed E-state index contributed by atoms with van der Waals surface area (Å²) in [6.07, 6.45) is 8.47. The molecule has 0 bridgehead atoms. The molecule has 0 spiro atoms. The van der Waals surface area contributed by atoms with E-state index in [0.29, 0.717) is 25.3 Å². The summed E-state index contributed by atoms with van der Waals surface area (Å²) in [4.78, 5) is 30.1. The lowest BCUT2D eigenvalue weighted by Gasteiger charge is -2.36. The molecule has 7 heteroatoms. The molecule has 0 saturated heterocycles. The fourth-order valence-corrected chi connectivity index (χ4v) is 3.99. The molecular weight excluding hydrogens is 364 g/mol. The number of aryl methyl sites for hydroxylation is 1. The molecular formula is C20H31ClN4O2. The lowest BCUT2D eigenvalue weighted by molar-refractivity contribution is -0.125. The van der Waals surface area contributed by atoms with Gasteiger partial charge < -0.3 is 20.5 Å². The van der Waals surface area contributed by atoms with E-state index >= 15 is 0 Å². The fraction of sp³-hybridized carbons (Fsp3) is 0.600. The van der Waals surface area contributed by atoms with Gasteiger partial charge in [-0.1, -0.05) is 13.8 Å². The molecule has 1 unspecified atom stereocenters. The molecule has 0 aliphatic heterocycles. The summed E-state index contributed by atoms with van der Waals surface area (Å²) < 4.78 is 0. The van der Waals surface area contributed by atoms with Crippen molar-refractivity contribution >= 4 is 30.3 Å². The number of hydrogen-bond donors (Lipinski definition) is 3. The van der Waals surface area contributed by atoms with Crippen molar-refractivity contribution in [3.05, 3.63) is 28.6 Å². The molecule has 150 valence electrons. The Morgan fingerprint density at radius 2 is 1.81 bits per heavy atom. The van der Waals surface area contributed by atoms with Crippen LogP contribution in [0.15, 0.2) is 6.08 Å². The molecule has 0 radical (unpaired) electrons. The monoisotopic (exact) mass is 394 g/mol. The predicted molar refractivity (Wildman–Crippen MR) is 110 cm³/mol. The van der Waals surface area contributed by atoms with E-state index in [1.54, 1.807) is 0 Å². The first kappa shape index (κ1) is 21.5. The Kier molecular flexibility index (Phi) is 6.76. The number of nitrogens with zero attached hydrogens (tertiary/aromatic N) is 1. The zero-order valence-electron chi connectivity index (χ0n) is 16.6. The van der Waals surface area contributed by atoms with Crippen LogP contribution in [0.4, 0.5) is 0 Å². The number of carbonyl (C=O) groups excluding carboxylic acids is 2. The number of halogens is 1. The number of carbonyl (C=O) groups is 2. The van der Waals surface area contributed by atoms with E-state index in [0.717, 1.165) is 25.0 Å². The Balaban J connectivity index is 0.00000261. The van der Waals surface area contributed by atoms with Crippen LogP contribution in [0.25, 0.3) is 6.08 Å². The SMILES string of the molecule is CCC(=O)NC1(NC(=O)CC)C=Cc2[nH]c3c(c2C1)CC(N(C)C)CC3.Cl. The van der Waals surface area contributed by atoms with Gasteiger partial charge in [-0.2, -0.15) is 0 Å². The van der Waals surface area contributed by atoms with Gasteiger partial charge in [0.15, 0.2) is 0 Å². The number of nitrogens with one attached hydrogen (secondary N) is 3. The van der Waals surface area contributed by atoms with Crippen LogP contribution < -0.4 is 10.6 Å². The first-order valence-electron chi connectivity index (χ1n) is 9.57. The number of aromatic nitrogens is 1. The first-order chi connectivity index (χ1) is 12.4. The normalized spacial score (nSPS) is 19.7. The van der Waals surface area contributed by atoms with Crippen LogP contribution in [0.2, 0.25) is 0 Å². The lowest BCUT2D eigenvalue weighted by Crippen LogP contribution is -2.61. The minimum absolute atomic E-state index is 0. The minimum atomic E-state index is -0.839. The van der Waals surface area contributed by atoms with Crippen molar-refractivity contribution in [2.75, 3.05) is 14.1 Å². The number of rotatable bonds is 5. The van der Waals surface area contributed by atoms with Gasteiger partial charge in [0.2, 0.25) is 11.8 Å². The van der Waals surface area contributed by atoms with Crippen LogP contribution in [-0.4, -0.2) is 47.5 Å². The van der Waals surface area contributed by atoms with Crippen LogP contribution in [0, 0.1) is 0 Å². The van der Waals surface area contributed by atoms with Crippen LogP contribution in [-0.2, 0) is 28.9 Å². The van der Waals surface area contributed by atoms with Crippen molar-refractivity contribution < 1.29 is 9.59 Å². The number of likely N-dealkylation sites (N-methyl/N-ethyl adjacent to an activating group) is 1. The highest BCUT2D eigenvalue weighted by Gasteiger charge is 2.37. The maximum absolute atomic E-state index is 12.1. The van der Waals surface area contributed by atoms with Gasteiger partial charge in [-0.15, -0.1) is 12.4 Å². The summed E-state index contributed by atoms with van der Waals surface area (Å²) >= 11 is 0. The van der Waals surface area contributed by atoms with Crippen molar-refractivity contribution in [3.8, 4) is 0 Å². The van der Waals surface area contributed by atoms with E-state index in [1.807, 2.05) is 26.0 Å². The van der Waals surface area contributed by atoms with Gasteiger partial charge in [-0.3, -0.25) is 9.59 Å². The highest BCUT2D eigenvalue weighted by molar-refractivity contribution is 5.85. The molecule has 0 saturated carbocycles. The summed E-state index contributed by atoms with van der Waals surface area (Å²) in [6.45, 7) is 3.64. The summed E-state index contributed by atoms with van der Waals surface area (Å²) in [7, 11) is 4.25. The highest BCUT2D eigenvalue weighted by Crippen LogP contribution is 2.34. The molecule has 2 aliphatic rings. The summed E-state index contributed by atoms with van der Waals surface area (Å²) in [5.74, 6) is -0.129. The van der Waals surface area contributed by atoms with Gasteiger partial charge in [-0.25, -0.2) is 0 Å². The number of hydrogen-bond acceptors (Lipinski definition) is 3. The van der Waals surface area contributed by atoms with Crippen molar-refractivity contribution in [2.45, 2.75) is 64.1 Å². The average molecular weight is 395 g/mol. The van der Waals surface area contributed by atoms with Gasteiger partial charge in [-0.05, 0) is 56.6 Å². The summed E-state index contributed by atoms with van der Waals surface area (Å²) in [5.41, 5.74) is 4.16. The van der Waals surface area contributed by atoms with E-state index < -0.39 is 5.66 Å². The zero-order valence-corrected chi connectivity index (χ0v) is 17.5. The van der Waals surface area contributed by atoms with Crippen LogP contribution >= 0.6 is 12.4 Å². The fourth-order valence-electron chi connectivity index (χ4n) is 3.99. The molecule has 6 nitrogen and oxygen atoms in total. The number of amides is 2. The quantitative estimate of drug-likeness (QED) is 0.670. The van der Waals surface area contributed by atoms with Crippen molar-refractivity contribution in [1.82, 2.24) is 20.5 Å². The predicted octanol–water partition coefficient (Wildman–Crippen LogP) is 2.17. The van der Waals surface area contributed by atoms with Crippen molar-refractivity contribution in [2.24, 2.45) is 0 Å². The first-order valence-corrected chi connectivity index (χ1v) is 9.57. The Morgan fingerprint density at radius 1 is 1.19 bits per heavy atom. The van der Waals surface area contributed by atoms with Gasteiger partial charge in [0.25, 0.3) is 0 Å². The lowest BCUT2D eigenvalue weighted by atomic mass is 9.84. The number of H-pyrrole nitrogens is 1. The highest BCUT2D eigenvalue weighted by atomic mass is 35.5. The van der Waals surface area contributed by atoms with Gasteiger partial charge in [0.05, 0.1) is 0 Å². The van der Waals surface area contributed by atoms with Gasteiger partial charge in [0, 0.05) is 36.7 Å². The average Bonchev–Trinajstić information content (AvgIpc) is 2.98. The second kappa shape index (κ2) is 8.48. The molecule has 2 aliphatic carbocycles. The van der Waals surface area contributed by atoms with E-state index in [4.69, 9.17) is 0 Å². The minimum Gasteiger partial charge on any atom is -0.358 e. The second-order valence-electron chi connectivity index (χ2n) is 7.62. The molecule has 0 fully saturated rings. The Labute approximate surface area is 167 Å². The third-order valence-electron chi connectivity index (χ3n) is 5.59. The van der Waals surface area contributed by atoms with E-state index in [9.17, 15) is 9.59 Å². The molecule has 2 amide bonds. The number of aromatic amines is 1. The van der Waals surface area contributed by atoms with Crippen LogP contribution in [0.3, 0.4) is 0 Å². The van der Waals surface area contributed by atoms with Crippen LogP contribution in [0.5, 0.6) is 0 Å². The molecule has 1 atom stereocenters. The van der Waals surface area contributed by atoms with Crippen molar-refractivity contribution in [3.63, 3.8) is 0 Å². The second-order valence-corrected chi connectivity index (χ2v) is 7.62. The van der Waals surface area contributed by atoms with E-state index in [-0.39, 0.29) is 24.2 Å². The number of fused-ring (bicyclic) bond motifs is 3. The smallest absolute Gasteiger partial charge is 0.221 e. The zero-order chi connectivity index (χ0) is 18.9.